The molecule has 1 aromatic rings. The van der Waals surface area contributed by atoms with Crippen LogP contribution in [0.2, 0.25) is 0 Å². The Bertz CT molecular complexity index is 558. The molecular formula is C13H16BrN3O4. The van der Waals surface area contributed by atoms with E-state index in [1.54, 1.807) is 6.07 Å². The Morgan fingerprint density at radius 3 is 2.71 bits per heavy atom. The van der Waals surface area contributed by atoms with Crippen molar-refractivity contribution in [3.05, 3.63) is 32.8 Å². The van der Waals surface area contributed by atoms with E-state index in [0.29, 0.717) is 36.2 Å². The average Bonchev–Trinajstić information content (AvgIpc) is 2.49. The van der Waals surface area contributed by atoms with Crippen LogP contribution in [0.1, 0.15) is 12.8 Å². The van der Waals surface area contributed by atoms with E-state index in [4.69, 9.17) is 10.5 Å². The maximum Gasteiger partial charge on any atom is 0.285 e. The SMILES string of the molecule is NCC1(C(=O)Nc2ccc(Br)c([N+](=O)[O-])c2)CCOCC1. The van der Waals surface area contributed by atoms with Crippen LogP contribution in [0.15, 0.2) is 22.7 Å². The molecule has 1 fully saturated rings. The van der Waals surface area contributed by atoms with Crippen LogP contribution >= 0.6 is 15.9 Å². The molecular weight excluding hydrogens is 342 g/mol. The highest BCUT2D eigenvalue weighted by molar-refractivity contribution is 9.10. The first-order valence-corrected chi connectivity index (χ1v) is 7.31. The predicted octanol–water partition coefficient (Wildman–Crippen LogP) is 2.05. The number of anilines is 1. The Balaban J connectivity index is 2.19. The van der Waals surface area contributed by atoms with E-state index >= 15 is 0 Å². The molecule has 21 heavy (non-hydrogen) atoms. The summed E-state index contributed by atoms with van der Waals surface area (Å²) in [5, 5.41) is 13.6. The number of hydrogen-bond donors (Lipinski definition) is 2. The molecule has 114 valence electrons. The first kappa shape index (κ1) is 15.9. The van der Waals surface area contributed by atoms with Gasteiger partial charge in [-0.3, -0.25) is 14.9 Å². The summed E-state index contributed by atoms with van der Waals surface area (Å²) in [4.78, 5) is 22.9. The van der Waals surface area contributed by atoms with Gasteiger partial charge in [0.2, 0.25) is 5.91 Å². The monoisotopic (exact) mass is 357 g/mol. The molecule has 1 aliphatic heterocycles. The van der Waals surface area contributed by atoms with Gasteiger partial charge in [0.05, 0.1) is 14.8 Å². The summed E-state index contributed by atoms with van der Waals surface area (Å²) in [6.07, 6.45) is 1.10. The van der Waals surface area contributed by atoms with Crippen LogP contribution in [0.4, 0.5) is 11.4 Å². The highest BCUT2D eigenvalue weighted by Crippen LogP contribution is 2.32. The van der Waals surface area contributed by atoms with Gasteiger partial charge in [-0.05, 0) is 40.9 Å². The van der Waals surface area contributed by atoms with Gasteiger partial charge in [-0.1, -0.05) is 0 Å². The number of carbonyl (C=O) groups excluding carboxylic acids is 1. The van der Waals surface area contributed by atoms with Crippen molar-refractivity contribution in [1.82, 2.24) is 0 Å². The van der Waals surface area contributed by atoms with Crippen LogP contribution < -0.4 is 11.1 Å². The van der Waals surface area contributed by atoms with E-state index in [0.717, 1.165) is 0 Å². The number of rotatable bonds is 4. The lowest BCUT2D eigenvalue weighted by Crippen LogP contribution is -2.46. The summed E-state index contributed by atoms with van der Waals surface area (Å²) in [5.41, 5.74) is 5.38. The number of carbonyl (C=O) groups is 1. The maximum atomic E-state index is 12.5. The van der Waals surface area contributed by atoms with Crippen LogP contribution in [0.3, 0.4) is 0 Å². The largest absolute Gasteiger partial charge is 0.381 e. The molecule has 0 aliphatic carbocycles. The second-order valence-corrected chi connectivity index (χ2v) is 5.83. The van der Waals surface area contributed by atoms with E-state index in [9.17, 15) is 14.9 Å². The van der Waals surface area contributed by atoms with Gasteiger partial charge >= 0.3 is 0 Å². The summed E-state index contributed by atoms with van der Waals surface area (Å²) in [5.74, 6) is -0.218. The Morgan fingerprint density at radius 1 is 1.48 bits per heavy atom. The number of nitro benzene ring substituents is 1. The quantitative estimate of drug-likeness (QED) is 0.633. The van der Waals surface area contributed by atoms with Crippen LogP contribution in [0.25, 0.3) is 0 Å². The standard InChI is InChI=1S/C13H16BrN3O4/c14-10-2-1-9(7-11(10)17(19)20)16-12(18)13(8-15)3-5-21-6-4-13/h1-2,7H,3-6,8,15H2,(H,16,18). The van der Waals surface area contributed by atoms with Crippen LogP contribution in [-0.2, 0) is 9.53 Å². The second kappa shape index (κ2) is 6.50. The van der Waals surface area contributed by atoms with E-state index < -0.39 is 10.3 Å². The highest BCUT2D eigenvalue weighted by Gasteiger charge is 2.38. The van der Waals surface area contributed by atoms with Crippen molar-refractivity contribution in [3.8, 4) is 0 Å². The Hall–Kier alpha value is -1.51. The summed E-state index contributed by atoms with van der Waals surface area (Å²) in [6.45, 7) is 1.21. The molecule has 3 N–H and O–H groups in total. The second-order valence-electron chi connectivity index (χ2n) is 4.97. The van der Waals surface area contributed by atoms with Gasteiger partial charge < -0.3 is 15.8 Å². The first-order chi connectivity index (χ1) is 9.98. The van der Waals surface area contributed by atoms with Crippen molar-refractivity contribution >= 4 is 33.2 Å². The fourth-order valence-electron chi connectivity index (χ4n) is 2.28. The molecule has 0 aromatic heterocycles. The van der Waals surface area contributed by atoms with Crippen molar-refractivity contribution in [2.24, 2.45) is 11.1 Å². The van der Waals surface area contributed by atoms with Crippen LogP contribution in [0, 0.1) is 15.5 Å². The molecule has 1 aliphatic rings. The van der Waals surface area contributed by atoms with Crippen LogP contribution in [0.5, 0.6) is 0 Å². The fraction of sp³-hybridized carbons (Fsp3) is 0.462. The van der Waals surface area contributed by atoms with E-state index in [1.165, 1.54) is 12.1 Å². The summed E-state index contributed by atoms with van der Waals surface area (Å²) >= 11 is 3.11. The highest BCUT2D eigenvalue weighted by atomic mass is 79.9. The van der Waals surface area contributed by atoms with Crippen molar-refractivity contribution in [2.75, 3.05) is 25.1 Å². The maximum absolute atomic E-state index is 12.5. The molecule has 1 aromatic carbocycles. The minimum absolute atomic E-state index is 0.0958. The molecule has 0 radical (unpaired) electrons. The van der Waals surface area contributed by atoms with E-state index in [1.807, 2.05) is 0 Å². The van der Waals surface area contributed by atoms with E-state index in [2.05, 4.69) is 21.2 Å². The average molecular weight is 358 g/mol. The zero-order chi connectivity index (χ0) is 15.5. The Morgan fingerprint density at radius 2 is 2.14 bits per heavy atom. The molecule has 1 heterocycles. The lowest BCUT2D eigenvalue weighted by atomic mass is 9.79. The topological polar surface area (TPSA) is 107 Å². The zero-order valence-electron chi connectivity index (χ0n) is 11.3. The summed E-state index contributed by atoms with van der Waals surface area (Å²) in [6, 6.07) is 4.47. The molecule has 7 nitrogen and oxygen atoms in total. The van der Waals surface area contributed by atoms with Gasteiger partial charge in [0, 0.05) is 31.5 Å². The number of hydrogen-bond acceptors (Lipinski definition) is 5. The zero-order valence-corrected chi connectivity index (χ0v) is 12.9. The molecule has 1 amide bonds. The minimum Gasteiger partial charge on any atom is -0.381 e. The number of nitrogens with zero attached hydrogens (tertiary/aromatic N) is 1. The van der Waals surface area contributed by atoms with E-state index in [-0.39, 0.29) is 18.1 Å². The third-order valence-corrected chi connectivity index (χ3v) is 4.39. The normalized spacial score (nSPS) is 17.2. The molecule has 1 saturated heterocycles. The number of nitrogens with two attached hydrogens (primary N) is 1. The number of nitrogens with one attached hydrogen (secondary N) is 1. The van der Waals surface area contributed by atoms with Gasteiger partial charge in [-0.15, -0.1) is 0 Å². The van der Waals surface area contributed by atoms with Crippen molar-refractivity contribution < 1.29 is 14.5 Å². The lowest BCUT2D eigenvalue weighted by Gasteiger charge is -2.34. The molecule has 2 rings (SSSR count). The van der Waals surface area contributed by atoms with Gasteiger partial charge in [0.25, 0.3) is 5.69 Å². The lowest BCUT2D eigenvalue weighted by molar-refractivity contribution is -0.385. The van der Waals surface area contributed by atoms with Gasteiger partial charge in [0.15, 0.2) is 0 Å². The third-order valence-electron chi connectivity index (χ3n) is 3.72. The molecule has 0 spiro atoms. The Labute approximate surface area is 130 Å². The summed E-state index contributed by atoms with van der Waals surface area (Å²) < 4.78 is 5.63. The van der Waals surface area contributed by atoms with Gasteiger partial charge in [0.1, 0.15) is 0 Å². The van der Waals surface area contributed by atoms with Crippen molar-refractivity contribution in [3.63, 3.8) is 0 Å². The first-order valence-electron chi connectivity index (χ1n) is 6.52. The molecule has 0 bridgehead atoms. The number of ether oxygens (including phenoxy) is 1. The summed E-state index contributed by atoms with van der Waals surface area (Å²) in [7, 11) is 0. The number of halogens is 1. The van der Waals surface area contributed by atoms with Gasteiger partial charge in [-0.2, -0.15) is 0 Å². The van der Waals surface area contributed by atoms with Gasteiger partial charge in [-0.25, -0.2) is 0 Å². The number of benzene rings is 1. The molecule has 0 unspecified atom stereocenters. The fourth-order valence-corrected chi connectivity index (χ4v) is 2.67. The molecule has 0 atom stereocenters. The predicted molar refractivity (Wildman–Crippen MR) is 81.0 cm³/mol. The number of nitro groups is 1. The minimum atomic E-state index is -0.667. The smallest absolute Gasteiger partial charge is 0.285 e. The number of amides is 1. The Kier molecular flexibility index (Phi) is 4.92. The molecule has 0 saturated carbocycles. The molecule has 8 heteroatoms. The van der Waals surface area contributed by atoms with Crippen molar-refractivity contribution in [2.45, 2.75) is 12.8 Å². The third kappa shape index (κ3) is 3.39. The van der Waals surface area contributed by atoms with Crippen LogP contribution in [-0.4, -0.2) is 30.6 Å². The van der Waals surface area contributed by atoms with Crippen molar-refractivity contribution in [1.29, 1.82) is 0 Å².